The summed E-state index contributed by atoms with van der Waals surface area (Å²) in [5.74, 6) is -12.5. The van der Waals surface area contributed by atoms with Crippen LogP contribution in [0.5, 0.6) is 0 Å². The Hall–Kier alpha value is -6.79. The summed E-state index contributed by atoms with van der Waals surface area (Å²) in [6.07, 6.45) is 1.71. The molecule has 0 aromatic carbocycles. The second-order valence-corrected chi connectivity index (χ2v) is 22.8. The number of nitrogens with two attached hydrogens (primary N) is 2. The number of amides is 5. The minimum atomic E-state index is -1.94. The Labute approximate surface area is 461 Å². The lowest BCUT2D eigenvalue weighted by Crippen LogP contribution is -2.61. The fourth-order valence-electron chi connectivity index (χ4n) is 11.1. The van der Waals surface area contributed by atoms with E-state index >= 15 is 0 Å². The SMILES string of the molecule is COC(=O)C(CCC(=O)NC(CSSCCOC(=O)OCC(=O)C1(O)CCC2C3CCC4=CC(=O)C=CC4(C)C3C(O)CC21C)C(=O)O)NC(=O)C(CC(=O)O)NC(=O)C(CCCN=C(N)N)NC(=O)C(CC(=O)O)NC(C)=O. The number of ether oxygens (including phenoxy) is 3. The molecule has 3 saturated carbocycles. The van der Waals surface area contributed by atoms with Gasteiger partial charge in [0.1, 0.15) is 42.4 Å². The van der Waals surface area contributed by atoms with Gasteiger partial charge in [0.25, 0.3) is 0 Å². The number of guanidine groups is 1. The standard InChI is InChI=1S/C49H70N8O20S2/c1-24(58)53-31(19-37(63)64)41(68)55-29(6-5-15-52-45(50)51)40(67)57-32(20-38(65)66)42(69)56-30(44(72)75-4)9-10-36(62)54-33(43(70)71)23-79-78-17-16-76-46(73)77-22-35(61)49(74)14-12-28-27-8-7-25-18-26(59)11-13-47(25,2)39(27)34(60)21-48(28,49)3/h11,13,18,27-34,39,60,74H,5-10,12,14-17,19-23H2,1-4H3,(H,53,58)(H,54,62)(H,55,68)(H,56,69)(H,57,67)(H,63,64)(H,65,66)(H,70,71)(H4,50,51,52). The number of aliphatic carboxylic acids is 3. The van der Waals surface area contributed by atoms with Crippen molar-refractivity contribution in [1.82, 2.24) is 26.6 Å². The summed E-state index contributed by atoms with van der Waals surface area (Å²) >= 11 is 0. The molecule has 4 aliphatic carbocycles. The number of rotatable bonds is 30. The van der Waals surface area contributed by atoms with Gasteiger partial charge in [-0.1, -0.05) is 47.1 Å². The lowest BCUT2D eigenvalue weighted by Gasteiger charge is -2.59. The molecule has 0 radical (unpaired) electrons. The van der Waals surface area contributed by atoms with Crippen molar-refractivity contribution in [2.45, 2.75) is 133 Å². The highest BCUT2D eigenvalue weighted by molar-refractivity contribution is 8.76. The summed E-state index contributed by atoms with van der Waals surface area (Å²) < 4.78 is 14.9. The average molecular weight is 1160 g/mol. The van der Waals surface area contributed by atoms with Crippen LogP contribution in [0.4, 0.5) is 4.79 Å². The van der Waals surface area contributed by atoms with Crippen LogP contribution in [-0.4, -0.2) is 183 Å². The second kappa shape index (κ2) is 28.9. The number of Topliss-reactive ketones (excluding diaryl/α,β-unsaturated/α-hetero) is 1. The molecular formula is C49H70N8O20S2. The average Bonchev–Trinajstić information content (AvgIpc) is 3.89. The zero-order valence-corrected chi connectivity index (χ0v) is 45.7. The van der Waals surface area contributed by atoms with Gasteiger partial charge in [0, 0.05) is 48.1 Å². The third kappa shape index (κ3) is 17.4. The number of aliphatic hydroxyl groups is 2. The molecule has 14 N–H and O–H groups in total. The zero-order chi connectivity index (χ0) is 59.0. The molecule has 3 fully saturated rings. The van der Waals surface area contributed by atoms with Gasteiger partial charge in [-0.15, -0.1) is 0 Å². The van der Waals surface area contributed by atoms with E-state index in [4.69, 9.17) is 25.7 Å². The van der Waals surface area contributed by atoms with E-state index < -0.39 is 150 Å². The number of nitrogens with zero attached hydrogens (tertiary/aromatic N) is 1. The Bertz CT molecular complexity index is 2440. The highest BCUT2D eigenvalue weighted by Crippen LogP contribution is 2.67. The largest absolute Gasteiger partial charge is 0.508 e. The minimum Gasteiger partial charge on any atom is -0.481 e. The van der Waals surface area contributed by atoms with Crippen molar-refractivity contribution in [3.05, 3.63) is 23.8 Å². The molecule has 0 bridgehead atoms. The summed E-state index contributed by atoms with van der Waals surface area (Å²) in [4.78, 5) is 155. The smallest absolute Gasteiger partial charge is 0.481 e. The number of hydrogen-bond donors (Lipinski definition) is 12. The molecule has 4 rings (SSSR count). The van der Waals surface area contributed by atoms with E-state index in [1.807, 2.05) is 13.0 Å². The van der Waals surface area contributed by atoms with Gasteiger partial charge in [-0.2, -0.15) is 0 Å². The summed E-state index contributed by atoms with van der Waals surface area (Å²) in [6, 6.07) is -8.32. The van der Waals surface area contributed by atoms with Crippen LogP contribution in [0.2, 0.25) is 0 Å². The number of methoxy groups -OCH3 is 1. The number of nitrogens with one attached hydrogen (secondary N) is 5. The molecule has 30 heteroatoms. The molecule has 0 heterocycles. The maximum atomic E-state index is 13.6. The van der Waals surface area contributed by atoms with Crippen molar-refractivity contribution in [3.8, 4) is 0 Å². The van der Waals surface area contributed by atoms with Crippen LogP contribution in [0.3, 0.4) is 0 Å². The number of fused-ring (bicyclic) bond motifs is 5. The fraction of sp³-hybridized carbons (Fsp3) is 0.653. The Kier molecular flexibility index (Phi) is 23.7. The number of hydrogen-bond acceptors (Lipinski definition) is 20. The Morgan fingerprint density at radius 2 is 1.44 bits per heavy atom. The van der Waals surface area contributed by atoms with Crippen molar-refractivity contribution >= 4 is 98.7 Å². The van der Waals surface area contributed by atoms with Crippen molar-refractivity contribution in [1.29, 1.82) is 0 Å². The monoisotopic (exact) mass is 1150 g/mol. The highest BCUT2D eigenvalue weighted by atomic mass is 33.1. The van der Waals surface area contributed by atoms with Crippen LogP contribution in [0.25, 0.3) is 0 Å². The molecule has 12 atom stereocenters. The highest BCUT2D eigenvalue weighted by Gasteiger charge is 2.68. The fourth-order valence-corrected chi connectivity index (χ4v) is 13.1. The first-order chi connectivity index (χ1) is 37.1. The first-order valence-corrected chi connectivity index (χ1v) is 27.7. The van der Waals surface area contributed by atoms with Crippen molar-refractivity contribution in [2.24, 2.45) is 45.0 Å². The lowest BCUT2D eigenvalue weighted by molar-refractivity contribution is -0.179. The van der Waals surface area contributed by atoms with Crippen LogP contribution in [-0.2, 0) is 67.0 Å². The normalized spacial score (nSPS) is 25.5. The summed E-state index contributed by atoms with van der Waals surface area (Å²) in [7, 11) is 2.98. The zero-order valence-electron chi connectivity index (χ0n) is 44.0. The summed E-state index contributed by atoms with van der Waals surface area (Å²) in [5, 5.41) is 63.3. The van der Waals surface area contributed by atoms with Crippen LogP contribution in [0, 0.1) is 28.6 Å². The van der Waals surface area contributed by atoms with Crippen LogP contribution in [0.1, 0.15) is 91.4 Å². The van der Waals surface area contributed by atoms with E-state index in [1.165, 1.54) is 6.08 Å². The molecule has 0 aromatic rings. The second-order valence-electron chi connectivity index (χ2n) is 20.1. The first kappa shape index (κ1) is 64.7. The Morgan fingerprint density at radius 1 is 0.823 bits per heavy atom. The van der Waals surface area contributed by atoms with Gasteiger partial charge in [-0.3, -0.25) is 48.1 Å². The number of carbonyl (C=O) groups excluding carboxylic acids is 9. The summed E-state index contributed by atoms with van der Waals surface area (Å²) in [5.41, 5.74) is 8.20. The number of carboxylic acid groups (broad SMARTS) is 3. The molecule has 0 spiro atoms. The van der Waals surface area contributed by atoms with Gasteiger partial charge in [0.2, 0.25) is 35.3 Å². The quantitative estimate of drug-likeness (QED) is 0.0129. The van der Waals surface area contributed by atoms with E-state index in [0.717, 1.165) is 41.2 Å². The van der Waals surface area contributed by atoms with E-state index in [1.54, 1.807) is 13.0 Å². The summed E-state index contributed by atoms with van der Waals surface area (Å²) in [6.45, 7) is 3.72. The van der Waals surface area contributed by atoms with Gasteiger partial charge < -0.3 is 77.8 Å². The van der Waals surface area contributed by atoms with Crippen LogP contribution < -0.4 is 38.1 Å². The molecule has 0 saturated heterocycles. The van der Waals surface area contributed by atoms with Crippen LogP contribution >= 0.6 is 21.6 Å². The van der Waals surface area contributed by atoms with Gasteiger partial charge in [-0.25, -0.2) is 14.4 Å². The van der Waals surface area contributed by atoms with Crippen molar-refractivity contribution < 1.29 is 97.3 Å². The Balaban J connectivity index is 1.24. The third-order valence-corrected chi connectivity index (χ3v) is 17.3. The van der Waals surface area contributed by atoms with Crippen LogP contribution in [0.15, 0.2) is 28.8 Å². The van der Waals surface area contributed by atoms with Crippen molar-refractivity contribution in [2.75, 3.05) is 38.4 Å². The van der Waals surface area contributed by atoms with Gasteiger partial charge in [0.15, 0.2) is 18.3 Å². The molecule has 28 nitrogen and oxygen atoms in total. The van der Waals surface area contributed by atoms with Gasteiger partial charge in [-0.05, 0) is 75.4 Å². The number of allylic oxidation sites excluding steroid dienone is 4. The maximum Gasteiger partial charge on any atom is 0.508 e. The number of carboxylic acids is 3. The molecule has 5 amide bonds. The predicted molar refractivity (Wildman–Crippen MR) is 279 cm³/mol. The van der Waals surface area contributed by atoms with E-state index in [0.29, 0.717) is 19.3 Å². The molecule has 4 aliphatic rings. The molecule has 79 heavy (non-hydrogen) atoms. The molecular weight excluding hydrogens is 1080 g/mol. The number of carbonyl (C=O) groups is 12. The Morgan fingerprint density at radius 3 is 2.05 bits per heavy atom. The van der Waals surface area contributed by atoms with E-state index in [-0.39, 0.29) is 79.8 Å². The van der Waals surface area contributed by atoms with Crippen molar-refractivity contribution in [3.63, 3.8) is 0 Å². The molecule has 0 aromatic heterocycles. The molecule has 438 valence electrons. The minimum absolute atomic E-state index is 0.0102. The first-order valence-electron chi connectivity index (χ1n) is 25.3. The topological polar surface area (TPSA) is 458 Å². The molecule has 0 aliphatic heterocycles. The maximum absolute atomic E-state index is 13.6. The number of aliphatic hydroxyl groups excluding tert-OH is 1. The number of esters is 1. The number of ketones is 2. The van der Waals surface area contributed by atoms with Gasteiger partial charge in [0.05, 0.1) is 26.1 Å². The molecule has 12 unspecified atom stereocenters. The number of aliphatic imine (C=N–C) groups is 1. The lowest BCUT2D eigenvalue weighted by atomic mass is 9.46. The van der Waals surface area contributed by atoms with Gasteiger partial charge >= 0.3 is 30.0 Å². The van der Waals surface area contributed by atoms with E-state index in [2.05, 4.69) is 31.6 Å². The third-order valence-electron chi connectivity index (χ3n) is 14.9. The van der Waals surface area contributed by atoms with E-state index in [9.17, 15) is 83.1 Å². The predicted octanol–water partition coefficient (Wildman–Crippen LogP) is -1.42.